The average Bonchev–Trinajstić information content (AvgIpc) is 2.39. The Morgan fingerprint density at radius 1 is 1.37 bits per heavy atom. The van der Waals surface area contributed by atoms with E-state index in [4.69, 9.17) is 23.2 Å². The van der Waals surface area contributed by atoms with Crippen molar-refractivity contribution in [2.45, 2.75) is 12.5 Å². The molecule has 1 amide bonds. The summed E-state index contributed by atoms with van der Waals surface area (Å²) in [6.45, 7) is -0.202. The number of hydrogen-bond donors (Lipinski definition) is 2. The van der Waals surface area contributed by atoms with E-state index < -0.39 is 12.1 Å². The van der Waals surface area contributed by atoms with Crippen molar-refractivity contribution >= 4 is 35.1 Å². The molecule has 1 aromatic rings. The van der Waals surface area contributed by atoms with E-state index in [1.165, 1.54) is 0 Å². The van der Waals surface area contributed by atoms with E-state index in [-0.39, 0.29) is 18.9 Å². The molecule has 0 spiro atoms. The molecular formula is C12H13Cl2NO4. The highest BCUT2D eigenvalue weighted by Crippen LogP contribution is 2.22. The fourth-order valence-electron chi connectivity index (χ4n) is 1.33. The Morgan fingerprint density at radius 2 is 2.05 bits per heavy atom. The van der Waals surface area contributed by atoms with Crippen molar-refractivity contribution in [3.05, 3.63) is 33.8 Å². The summed E-state index contributed by atoms with van der Waals surface area (Å²) in [5.41, 5.74) is 0.680. The highest BCUT2D eigenvalue weighted by molar-refractivity contribution is 6.42. The number of hydrogen-bond acceptors (Lipinski definition) is 4. The average molecular weight is 306 g/mol. The molecule has 0 aromatic heterocycles. The number of esters is 1. The SMILES string of the molecule is COC(=O)C(O)CNC(=O)Cc1ccc(Cl)c(Cl)c1. The van der Waals surface area contributed by atoms with Gasteiger partial charge in [0.15, 0.2) is 6.10 Å². The summed E-state index contributed by atoms with van der Waals surface area (Å²) in [7, 11) is 1.16. The minimum atomic E-state index is -1.37. The zero-order valence-electron chi connectivity index (χ0n) is 10.2. The van der Waals surface area contributed by atoms with Gasteiger partial charge in [-0.3, -0.25) is 4.79 Å². The van der Waals surface area contributed by atoms with E-state index in [1.54, 1.807) is 18.2 Å². The van der Waals surface area contributed by atoms with Crippen LogP contribution in [0.5, 0.6) is 0 Å². The zero-order valence-corrected chi connectivity index (χ0v) is 11.7. The Balaban J connectivity index is 2.47. The quantitative estimate of drug-likeness (QED) is 0.801. The van der Waals surface area contributed by atoms with Crippen LogP contribution in [0.1, 0.15) is 5.56 Å². The molecule has 0 heterocycles. The lowest BCUT2D eigenvalue weighted by Crippen LogP contribution is -2.37. The molecular weight excluding hydrogens is 293 g/mol. The molecule has 0 aliphatic rings. The lowest BCUT2D eigenvalue weighted by molar-refractivity contribution is -0.150. The van der Waals surface area contributed by atoms with Gasteiger partial charge in [-0.2, -0.15) is 0 Å². The van der Waals surface area contributed by atoms with Crippen LogP contribution in [0.15, 0.2) is 18.2 Å². The van der Waals surface area contributed by atoms with Gasteiger partial charge in [-0.05, 0) is 17.7 Å². The maximum Gasteiger partial charge on any atom is 0.336 e. The zero-order chi connectivity index (χ0) is 14.4. The number of ether oxygens (including phenoxy) is 1. The molecule has 0 saturated heterocycles. The van der Waals surface area contributed by atoms with E-state index in [1.807, 2.05) is 0 Å². The summed E-state index contributed by atoms with van der Waals surface area (Å²) >= 11 is 11.6. The molecule has 1 rings (SSSR count). The van der Waals surface area contributed by atoms with E-state index in [9.17, 15) is 14.7 Å². The van der Waals surface area contributed by atoms with Gasteiger partial charge in [0.25, 0.3) is 0 Å². The van der Waals surface area contributed by atoms with Gasteiger partial charge in [-0.15, -0.1) is 0 Å². The monoisotopic (exact) mass is 305 g/mol. The van der Waals surface area contributed by atoms with Crippen molar-refractivity contribution in [2.24, 2.45) is 0 Å². The van der Waals surface area contributed by atoms with E-state index >= 15 is 0 Å². The second-order valence-electron chi connectivity index (χ2n) is 3.77. The number of aliphatic hydroxyl groups excluding tert-OH is 1. The number of carbonyl (C=O) groups excluding carboxylic acids is 2. The standard InChI is InChI=1S/C12H13Cl2NO4/c1-19-12(18)10(16)6-15-11(17)5-7-2-3-8(13)9(14)4-7/h2-4,10,16H,5-6H2,1H3,(H,15,17). The first kappa shape index (κ1) is 15.8. The largest absolute Gasteiger partial charge is 0.467 e. The van der Waals surface area contributed by atoms with E-state index in [0.29, 0.717) is 15.6 Å². The van der Waals surface area contributed by atoms with Crippen LogP contribution in [0.3, 0.4) is 0 Å². The Morgan fingerprint density at radius 3 is 2.63 bits per heavy atom. The Kier molecular flexibility index (Phi) is 6.08. The highest BCUT2D eigenvalue weighted by atomic mass is 35.5. The van der Waals surface area contributed by atoms with Gasteiger partial charge in [0.05, 0.1) is 30.1 Å². The number of amides is 1. The normalized spacial score (nSPS) is 11.8. The third-order valence-corrected chi connectivity index (χ3v) is 3.05. The number of halogens is 2. The number of carbonyl (C=O) groups is 2. The maximum atomic E-state index is 11.6. The Bertz CT molecular complexity index is 479. The van der Waals surface area contributed by atoms with Gasteiger partial charge in [0.2, 0.25) is 5.91 Å². The summed E-state index contributed by atoms with van der Waals surface area (Å²) in [5, 5.41) is 12.5. The minimum Gasteiger partial charge on any atom is -0.467 e. The molecule has 19 heavy (non-hydrogen) atoms. The summed E-state index contributed by atoms with van der Waals surface area (Å²) in [6.07, 6.45) is -1.30. The molecule has 0 bridgehead atoms. The molecule has 2 N–H and O–H groups in total. The lowest BCUT2D eigenvalue weighted by atomic mass is 10.1. The van der Waals surface area contributed by atoms with Gasteiger partial charge >= 0.3 is 5.97 Å². The van der Waals surface area contributed by atoms with Crippen LogP contribution < -0.4 is 5.32 Å². The van der Waals surface area contributed by atoms with Crippen LogP contribution in [0.2, 0.25) is 10.0 Å². The van der Waals surface area contributed by atoms with Gasteiger partial charge < -0.3 is 15.2 Å². The van der Waals surface area contributed by atoms with Crippen LogP contribution in [0.25, 0.3) is 0 Å². The molecule has 0 aliphatic carbocycles. The fourth-order valence-corrected chi connectivity index (χ4v) is 1.65. The highest BCUT2D eigenvalue weighted by Gasteiger charge is 2.16. The van der Waals surface area contributed by atoms with Crippen LogP contribution in [0, 0.1) is 0 Å². The maximum absolute atomic E-state index is 11.6. The van der Waals surface area contributed by atoms with Crippen molar-refractivity contribution < 1.29 is 19.4 Å². The molecule has 5 nitrogen and oxygen atoms in total. The summed E-state index contributed by atoms with van der Waals surface area (Å²) < 4.78 is 4.32. The fraction of sp³-hybridized carbons (Fsp3) is 0.333. The van der Waals surface area contributed by atoms with E-state index in [0.717, 1.165) is 7.11 Å². The molecule has 1 atom stereocenters. The molecule has 0 radical (unpaired) electrons. The van der Waals surface area contributed by atoms with Gasteiger partial charge in [0, 0.05) is 0 Å². The van der Waals surface area contributed by atoms with Crippen LogP contribution in [0.4, 0.5) is 0 Å². The summed E-state index contributed by atoms with van der Waals surface area (Å²) in [6, 6.07) is 4.85. The Labute approximate surface area is 120 Å². The molecule has 0 aliphatic heterocycles. The van der Waals surface area contributed by atoms with Crippen LogP contribution in [-0.2, 0) is 20.7 Å². The van der Waals surface area contributed by atoms with Crippen molar-refractivity contribution in [1.29, 1.82) is 0 Å². The molecule has 0 saturated carbocycles. The van der Waals surface area contributed by atoms with Crippen molar-refractivity contribution in [2.75, 3.05) is 13.7 Å². The van der Waals surface area contributed by atoms with Gasteiger partial charge in [-0.1, -0.05) is 29.3 Å². The van der Waals surface area contributed by atoms with Crippen molar-refractivity contribution in [3.63, 3.8) is 0 Å². The third kappa shape index (κ3) is 5.06. The number of nitrogens with one attached hydrogen (secondary N) is 1. The summed E-state index contributed by atoms with van der Waals surface area (Å²) in [4.78, 5) is 22.5. The van der Waals surface area contributed by atoms with Crippen LogP contribution in [-0.4, -0.2) is 36.7 Å². The third-order valence-electron chi connectivity index (χ3n) is 2.31. The number of aliphatic hydroxyl groups is 1. The predicted octanol–water partition coefficient (Wildman–Crippen LogP) is 1.19. The first-order valence-corrected chi connectivity index (χ1v) is 6.16. The van der Waals surface area contributed by atoms with Gasteiger partial charge in [-0.25, -0.2) is 4.79 Å². The molecule has 1 unspecified atom stereocenters. The topological polar surface area (TPSA) is 75.6 Å². The van der Waals surface area contributed by atoms with Crippen molar-refractivity contribution in [3.8, 4) is 0 Å². The van der Waals surface area contributed by atoms with Crippen molar-refractivity contribution in [1.82, 2.24) is 5.32 Å². The number of rotatable bonds is 5. The molecule has 104 valence electrons. The molecule has 1 aromatic carbocycles. The first-order chi connectivity index (χ1) is 8.93. The lowest BCUT2D eigenvalue weighted by Gasteiger charge is -2.10. The predicted molar refractivity (Wildman–Crippen MR) is 71.2 cm³/mol. The Hall–Kier alpha value is -1.30. The van der Waals surface area contributed by atoms with E-state index in [2.05, 4.69) is 10.1 Å². The first-order valence-electron chi connectivity index (χ1n) is 5.40. The second-order valence-corrected chi connectivity index (χ2v) is 4.58. The number of methoxy groups -OCH3 is 1. The number of benzene rings is 1. The molecule has 7 heteroatoms. The molecule has 0 fully saturated rings. The van der Waals surface area contributed by atoms with Crippen LogP contribution >= 0.6 is 23.2 Å². The second kappa shape index (κ2) is 7.33. The minimum absolute atomic E-state index is 0.0742. The summed E-state index contributed by atoms with van der Waals surface area (Å²) in [5.74, 6) is -1.14. The smallest absolute Gasteiger partial charge is 0.336 e. The van der Waals surface area contributed by atoms with Gasteiger partial charge in [0.1, 0.15) is 0 Å².